The van der Waals surface area contributed by atoms with E-state index >= 15 is 0 Å². The summed E-state index contributed by atoms with van der Waals surface area (Å²) in [5.74, 6) is -2.39. The minimum absolute atomic E-state index is 0.0443. The zero-order valence-corrected chi connectivity index (χ0v) is 17.7. The van der Waals surface area contributed by atoms with E-state index in [-0.39, 0.29) is 5.91 Å². The van der Waals surface area contributed by atoms with Crippen molar-refractivity contribution in [1.82, 2.24) is 9.80 Å². The van der Waals surface area contributed by atoms with Gasteiger partial charge in [-0.3, -0.25) is 4.79 Å². The highest BCUT2D eigenvalue weighted by molar-refractivity contribution is 7.99. The van der Waals surface area contributed by atoms with Gasteiger partial charge in [-0.1, -0.05) is 23.9 Å². The third-order valence-corrected chi connectivity index (χ3v) is 6.65. The third kappa shape index (κ3) is 5.13. The van der Waals surface area contributed by atoms with Crippen molar-refractivity contribution < 1.29 is 13.6 Å². The number of carbonyl (C=O) groups excluding carboxylic acids is 1. The zero-order chi connectivity index (χ0) is 20.9. The molecule has 2 aromatic rings. The molecule has 2 aromatic carbocycles. The van der Waals surface area contributed by atoms with Gasteiger partial charge in [-0.05, 0) is 75.2 Å². The van der Waals surface area contributed by atoms with E-state index in [9.17, 15) is 13.6 Å². The van der Waals surface area contributed by atoms with Crippen molar-refractivity contribution in [1.29, 1.82) is 0 Å². The molecule has 160 valence electrons. The molecule has 4 rings (SSSR count). The lowest BCUT2D eigenvalue weighted by Gasteiger charge is -2.36. The van der Waals surface area contributed by atoms with Gasteiger partial charge < -0.3 is 15.1 Å². The van der Waals surface area contributed by atoms with Crippen molar-refractivity contribution in [2.45, 2.75) is 42.4 Å². The van der Waals surface area contributed by atoms with E-state index in [4.69, 9.17) is 0 Å². The van der Waals surface area contributed by atoms with E-state index in [1.165, 1.54) is 25.9 Å². The SMILES string of the molecule is O=C(c1ccccc1Nc1ccc(SC(F)F)cc1)N1CCC(N2CCCC2)CC1. The van der Waals surface area contributed by atoms with Crippen LogP contribution < -0.4 is 5.32 Å². The van der Waals surface area contributed by atoms with Gasteiger partial charge in [0.1, 0.15) is 0 Å². The molecule has 0 bridgehead atoms. The first-order valence-corrected chi connectivity index (χ1v) is 11.4. The van der Waals surface area contributed by atoms with Gasteiger partial charge >= 0.3 is 0 Å². The van der Waals surface area contributed by atoms with Crippen LogP contribution in [0.1, 0.15) is 36.0 Å². The van der Waals surface area contributed by atoms with Crippen LogP contribution in [0.4, 0.5) is 20.2 Å². The van der Waals surface area contributed by atoms with Crippen LogP contribution in [0.25, 0.3) is 0 Å². The number of amides is 1. The number of para-hydroxylation sites is 1. The summed E-state index contributed by atoms with van der Waals surface area (Å²) in [5.41, 5.74) is 2.14. The van der Waals surface area contributed by atoms with Crippen molar-refractivity contribution in [3.05, 3.63) is 54.1 Å². The molecular weight excluding hydrogens is 404 g/mol. The van der Waals surface area contributed by atoms with Crippen molar-refractivity contribution in [2.75, 3.05) is 31.5 Å². The molecule has 0 radical (unpaired) electrons. The quantitative estimate of drug-likeness (QED) is 0.618. The molecule has 0 aliphatic carbocycles. The van der Waals surface area contributed by atoms with E-state index in [0.29, 0.717) is 28.3 Å². The molecule has 4 nitrogen and oxygen atoms in total. The first kappa shape index (κ1) is 21.1. The number of likely N-dealkylation sites (tertiary alicyclic amines) is 2. The average molecular weight is 432 g/mol. The fourth-order valence-electron chi connectivity index (χ4n) is 4.37. The molecule has 2 aliphatic rings. The predicted molar refractivity (Wildman–Crippen MR) is 118 cm³/mol. The van der Waals surface area contributed by atoms with E-state index < -0.39 is 5.76 Å². The highest BCUT2D eigenvalue weighted by atomic mass is 32.2. The Morgan fingerprint density at radius 1 is 0.967 bits per heavy atom. The summed E-state index contributed by atoms with van der Waals surface area (Å²) in [5, 5.41) is 3.27. The van der Waals surface area contributed by atoms with Crippen LogP contribution >= 0.6 is 11.8 Å². The number of nitrogens with one attached hydrogen (secondary N) is 1. The van der Waals surface area contributed by atoms with Gasteiger partial charge in [0, 0.05) is 29.7 Å². The smallest absolute Gasteiger partial charge is 0.288 e. The molecule has 2 aliphatic heterocycles. The van der Waals surface area contributed by atoms with Gasteiger partial charge in [0.05, 0.1) is 11.3 Å². The Kier molecular flexibility index (Phi) is 6.89. The first-order chi connectivity index (χ1) is 14.6. The number of halogens is 2. The van der Waals surface area contributed by atoms with Crippen LogP contribution in [0.2, 0.25) is 0 Å². The fraction of sp³-hybridized carbons (Fsp3) is 0.435. The molecule has 0 spiro atoms. The summed E-state index contributed by atoms with van der Waals surface area (Å²) in [6.45, 7) is 3.96. The summed E-state index contributed by atoms with van der Waals surface area (Å²) < 4.78 is 25.0. The summed E-state index contributed by atoms with van der Waals surface area (Å²) in [6.07, 6.45) is 4.65. The van der Waals surface area contributed by atoms with Crippen LogP contribution in [0.3, 0.4) is 0 Å². The summed E-state index contributed by atoms with van der Waals surface area (Å²) >= 11 is 0.524. The Bertz CT molecular complexity index is 848. The molecule has 1 amide bonds. The standard InChI is InChI=1S/C23H27F2N3OS/c24-23(25)30-19-9-7-17(8-10-19)26-21-6-2-1-5-20(21)22(29)28-15-11-18(12-16-28)27-13-3-4-14-27/h1-2,5-10,18,23,26H,3-4,11-16H2. The van der Waals surface area contributed by atoms with Crippen molar-refractivity contribution in [2.24, 2.45) is 0 Å². The number of alkyl halides is 2. The Morgan fingerprint density at radius 2 is 1.63 bits per heavy atom. The second-order valence-electron chi connectivity index (χ2n) is 7.84. The van der Waals surface area contributed by atoms with Gasteiger partial charge in [-0.2, -0.15) is 8.78 Å². The molecule has 0 aromatic heterocycles. The van der Waals surface area contributed by atoms with Crippen molar-refractivity contribution in [3.63, 3.8) is 0 Å². The molecule has 0 unspecified atom stereocenters. The predicted octanol–water partition coefficient (Wildman–Crippen LogP) is 5.45. The first-order valence-electron chi connectivity index (χ1n) is 10.5. The Morgan fingerprint density at radius 3 is 2.30 bits per heavy atom. The van der Waals surface area contributed by atoms with Crippen LogP contribution in [-0.4, -0.2) is 53.7 Å². The molecule has 2 heterocycles. The van der Waals surface area contributed by atoms with Crippen molar-refractivity contribution >= 4 is 29.0 Å². The third-order valence-electron chi connectivity index (χ3n) is 5.92. The zero-order valence-electron chi connectivity index (χ0n) is 16.9. The number of rotatable bonds is 6. The summed E-state index contributed by atoms with van der Waals surface area (Å²) in [6, 6.07) is 14.9. The topological polar surface area (TPSA) is 35.6 Å². The number of hydrogen-bond acceptors (Lipinski definition) is 4. The second-order valence-corrected chi connectivity index (χ2v) is 8.90. The van der Waals surface area contributed by atoms with E-state index in [0.717, 1.165) is 37.3 Å². The van der Waals surface area contributed by atoms with Crippen LogP contribution in [-0.2, 0) is 0 Å². The monoisotopic (exact) mass is 431 g/mol. The van der Waals surface area contributed by atoms with Gasteiger partial charge in [-0.25, -0.2) is 0 Å². The highest BCUT2D eigenvalue weighted by Crippen LogP contribution is 2.29. The number of benzene rings is 2. The number of nitrogens with zero attached hydrogens (tertiary/aromatic N) is 2. The number of hydrogen-bond donors (Lipinski definition) is 1. The van der Waals surface area contributed by atoms with Crippen LogP contribution in [0.5, 0.6) is 0 Å². The summed E-state index contributed by atoms with van der Waals surface area (Å²) in [4.78, 5) is 18.2. The highest BCUT2D eigenvalue weighted by Gasteiger charge is 2.29. The molecule has 2 saturated heterocycles. The number of carbonyl (C=O) groups is 1. The average Bonchev–Trinajstić information content (AvgIpc) is 3.30. The minimum atomic E-state index is -2.43. The van der Waals surface area contributed by atoms with Crippen LogP contribution in [0, 0.1) is 0 Å². The Balaban J connectivity index is 1.41. The number of piperidine rings is 1. The fourth-order valence-corrected chi connectivity index (χ4v) is 4.86. The lowest BCUT2D eigenvalue weighted by Crippen LogP contribution is -2.46. The molecular formula is C23H27F2N3OS. The van der Waals surface area contributed by atoms with E-state index in [1.54, 1.807) is 24.3 Å². The van der Waals surface area contributed by atoms with Gasteiger partial charge in [0.2, 0.25) is 0 Å². The normalized spacial score (nSPS) is 18.2. The van der Waals surface area contributed by atoms with E-state index in [2.05, 4.69) is 10.2 Å². The Hall–Kier alpha value is -2.12. The van der Waals surface area contributed by atoms with Gasteiger partial charge in [-0.15, -0.1) is 0 Å². The number of thioether (sulfide) groups is 1. The summed E-state index contributed by atoms with van der Waals surface area (Å²) in [7, 11) is 0. The molecule has 2 fully saturated rings. The molecule has 7 heteroatoms. The van der Waals surface area contributed by atoms with Gasteiger partial charge in [0.15, 0.2) is 0 Å². The second kappa shape index (κ2) is 9.79. The lowest BCUT2D eigenvalue weighted by molar-refractivity contribution is 0.0645. The maximum absolute atomic E-state index is 13.2. The number of anilines is 2. The minimum Gasteiger partial charge on any atom is -0.355 e. The molecule has 0 atom stereocenters. The van der Waals surface area contributed by atoms with Crippen molar-refractivity contribution in [3.8, 4) is 0 Å². The molecule has 30 heavy (non-hydrogen) atoms. The lowest BCUT2D eigenvalue weighted by atomic mass is 10.0. The molecule has 0 saturated carbocycles. The largest absolute Gasteiger partial charge is 0.355 e. The maximum atomic E-state index is 13.2. The molecule has 1 N–H and O–H groups in total. The van der Waals surface area contributed by atoms with E-state index in [1.807, 2.05) is 29.2 Å². The van der Waals surface area contributed by atoms with Crippen LogP contribution in [0.15, 0.2) is 53.4 Å². The maximum Gasteiger partial charge on any atom is 0.288 e. The van der Waals surface area contributed by atoms with Gasteiger partial charge in [0.25, 0.3) is 11.7 Å². The Labute approximate surface area is 180 Å².